The Morgan fingerprint density at radius 1 is 1.21 bits per heavy atom. The molecule has 2 fully saturated rings. The standard InChI is InChI=1S/C20H26F4N2O2/c1-28-16-3-4-17(21)15(11-16)12-25-9-2-6-19(13-25)8-10-26(14-19)18(27)5-7-20(22,23)24/h3-4,11H,2,5-10,12-14H2,1H3/t19-/m1/s1. The molecule has 1 amide bonds. The van der Waals surface area contributed by atoms with Crippen LogP contribution in [0.15, 0.2) is 18.2 Å². The Labute approximate surface area is 162 Å². The molecule has 0 aliphatic carbocycles. The van der Waals surface area contributed by atoms with E-state index in [1.54, 1.807) is 17.0 Å². The van der Waals surface area contributed by atoms with Crippen LogP contribution in [0.2, 0.25) is 0 Å². The minimum absolute atomic E-state index is 0.110. The number of halogens is 4. The van der Waals surface area contributed by atoms with E-state index in [2.05, 4.69) is 4.90 Å². The first-order valence-electron chi connectivity index (χ1n) is 9.59. The van der Waals surface area contributed by atoms with Gasteiger partial charge in [-0.25, -0.2) is 4.39 Å². The summed E-state index contributed by atoms with van der Waals surface area (Å²) in [5, 5.41) is 0. The number of alkyl halides is 3. The number of amides is 1. The fourth-order valence-corrected chi connectivity index (χ4v) is 4.37. The number of likely N-dealkylation sites (tertiary alicyclic amines) is 2. The van der Waals surface area contributed by atoms with Gasteiger partial charge in [0.25, 0.3) is 0 Å². The summed E-state index contributed by atoms with van der Waals surface area (Å²) in [5.74, 6) is -0.105. The van der Waals surface area contributed by atoms with Gasteiger partial charge in [0.15, 0.2) is 0 Å². The van der Waals surface area contributed by atoms with Gasteiger partial charge in [-0.3, -0.25) is 9.69 Å². The molecule has 28 heavy (non-hydrogen) atoms. The highest BCUT2D eigenvalue weighted by Crippen LogP contribution is 2.40. The quantitative estimate of drug-likeness (QED) is 0.699. The van der Waals surface area contributed by atoms with Gasteiger partial charge in [0.05, 0.1) is 13.5 Å². The van der Waals surface area contributed by atoms with Crippen LogP contribution in [-0.2, 0) is 11.3 Å². The van der Waals surface area contributed by atoms with Crippen LogP contribution >= 0.6 is 0 Å². The number of carbonyl (C=O) groups is 1. The molecule has 0 radical (unpaired) electrons. The zero-order chi connectivity index (χ0) is 20.4. The first-order chi connectivity index (χ1) is 13.2. The minimum atomic E-state index is -4.31. The largest absolute Gasteiger partial charge is 0.497 e. The van der Waals surface area contributed by atoms with Crippen LogP contribution in [0.1, 0.15) is 37.7 Å². The molecule has 0 bridgehead atoms. The summed E-state index contributed by atoms with van der Waals surface area (Å²) >= 11 is 0. The van der Waals surface area contributed by atoms with Crippen molar-refractivity contribution in [3.63, 3.8) is 0 Å². The Bertz CT molecular complexity index is 710. The van der Waals surface area contributed by atoms with Gasteiger partial charge in [0, 0.05) is 43.6 Å². The molecule has 2 heterocycles. The summed E-state index contributed by atoms with van der Waals surface area (Å²) < 4.78 is 56.5. The fourth-order valence-electron chi connectivity index (χ4n) is 4.37. The molecule has 2 aliphatic heterocycles. The van der Waals surface area contributed by atoms with E-state index in [-0.39, 0.29) is 11.2 Å². The average molecular weight is 402 g/mol. The highest BCUT2D eigenvalue weighted by Gasteiger charge is 2.43. The lowest BCUT2D eigenvalue weighted by Gasteiger charge is -2.40. The molecule has 2 saturated heterocycles. The number of benzene rings is 1. The van der Waals surface area contributed by atoms with Crippen LogP contribution in [0.5, 0.6) is 5.75 Å². The van der Waals surface area contributed by atoms with E-state index in [1.807, 2.05) is 0 Å². The molecule has 156 valence electrons. The highest BCUT2D eigenvalue weighted by molar-refractivity contribution is 5.76. The van der Waals surface area contributed by atoms with Crippen LogP contribution < -0.4 is 4.74 Å². The van der Waals surface area contributed by atoms with E-state index in [0.29, 0.717) is 37.5 Å². The number of piperidine rings is 1. The maximum atomic E-state index is 14.2. The lowest BCUT2D eigenvalue weighted by atomic mass is 9.79. The number of nitrogens with zero attached hydrogens (tertiary/aromatic N) is 2. The third kappa shape index (κ3) is 5.16. The number of hydrogen-bond donors (Lipinski definition) is 0. The second-order valence-electron chi connectivity index (χ2n) is 7.95. The molecule has 1 atom stereocenters. The third-order valence-electron chi connectivity index (χ3n) is 5.80. The van der Waals surface area contributed by atoms with Crippen molar-refractivity contribution in [1.29, 1.82) is 0 Å². The summed E-state index contributed by atoms with van der Waals surface area (Å²) in [6.07, 6.45) is -3.23. The lowest BCUT2D eigenvalue weighted by Crippen LogP contribution is -2.45. The van der Waals surface area contributed by atoms with Crippen LogP contribution in [0.25, 0.3) is 0 Å². The summed E-state index contributed by atoms with van der Waals surface area (Å²) in [6, 6.07) is 4.67. The molecule has 1 spiro atoms. The summed E-state index contributed by atoms with van der Waals surface area (Å²) in [4.78, 5) is 15.9. The van der Waals surface area contributed by atoms with Gasteiger partial charge in [0.2, 0.25) is 5.91 Å². The van der Waals surface area contributed by atoms with Crippen LogP contribution in [0.3, 0.4) is 0 Å². The zero-order valence-electron chi connectivity index (χ0n) is 16.0. The first-order valence-corrected chi connectivity index (χ1v) is 9.59. The minimum Gasteiger partial charge on any atom is -0.497 e. The molecular weight excluding hydrogens is 376 g/mol. The fraction of sp³-hybridized carbons (Fsp3) is 0.650. The Morgan fingerprint density at radius 3 is 2.71 bits per heavy atom. The maximum Gasteiger partial charge on any atom is 0.389 e. The van der Waals surface area contributed by atoms with Crippen LogP contribution in [0, 0.1) is 11.2 Å². The molecule has 1 aromatic rings. The van der Waals surface area contributed by atoms with E-state index in [1.165, 1.54) is 13.2 Å². The highest BCUT2D eigenvalue weighted by atomic mass is 19.4. The number of methoxy groups -OCH3 is 1. The van der Waals surface area contributed by atoms with E-state index in [9.17, 15) is 22.4 Å². The van der Waals surface area contributed by atoms with Crippen LogP contribution in [0.4, 0.5) is 17.6 Å². The van der Waals surface area contributed by atoms with E-state index < -0.39 is 24.9 Å². The molecule has 0 unspecified atom stereocenters. The van der Waals surface area contributed by atoms with Gasteiger partial charge in [-0.15, -0.1) is 0 Å². The van der Waals surface area contributed by atoms with Crippen molar-refractivity contribution in [2.45, 2.75) is 44.8 Å². The van der Waals surface area contributed by atoms with Crippen molar-refractivity contribution >= 4 is 5.91 Å². The van der Waals surface area contributed by atoms with Crippen LogP contribution in [-0.4, -0.2) is 55.2 Å². The molecule has 0 N–H and O–H groups in total. The predicted molar refractivity (Wildman–Crippen MR) is 96.4 cm³/mol. The topological polar surface area (TPSA) is 32.8 Å². The van der Waals surface area contributed by atoms with Gasteiger partial charge >= 0.3 is 6.18 Å². The molecule has 0 saturated carbocycles. The van der Waals surface area contributed by atoms with Crippen molar-refractivity contribution in [2.75, 3.05) is 33.3 Å². The second-order valence-corrected chi connectivity index (χ2v) is 7.95. The van der Waals surface area contributed by atoms with Crippen molar-refractivity contribution in [1.82, 2.24) is 9.80 Å². The molecule has 0 aromatic heterocycles. The Kier molecular flexibility index (Phi) is 6.17. The number of hydrogen-bond acceptors (Lipinski definition) is 3. The summed E-state index contributed by atoms with van der Waals surface area (Å²) in [5.41, 5.74) is 0.453. The van der Waals surface area contributed by atoms with Gasteiger partial charge in [-0.2, -0.15) is 13.2 Å². The Balaban J connectivity index is 1.60. The van der Waals surface area contributed by atoms with Crippen molar-refractivity contribution in [3.8, 4) is 5.75 Å². The van der Waals surface area contributed by atoms with Gasteiger partial charge in [-0.1, -0.05) is 0 Å². The average Bonchev–Trinajstić information content (AvgIpc) is 3.04. The summed E-state index contributed by atoms with van der Waals surface area (Å²) in [6.45, 7) is 2.98. The SMILES string of the molecule is COc1ccc(F)c(CN2CCC[C@@]3(CCN(C(=O)CCC(F)(F)F)C3)C2)c1. The lowest BCUT2D eigenvalue weighted by molar-refractivity contribution is -0.148. The van der Waals surface area contributed by atoms with Gasteiger partial charge < -0.3 is 9.64 Å². The van der Waals surface area contributed by atoms with E-state index in [0.717, 1.165) is 25.8 Å². The van der Waals surface area contributed by atoms with Gasteiger partial charge in [0.1, 0.15) is 11.6 Å². The maximum absolute atomic E-state index is 14.2. The Morgan fingerprint density at radius 2 is 2.00 bits per heavy atom. The molecule has 3 rings (SSSR count). The van der Waals surface area contributed by atoms with Crippen molar-refractivity contribution in [3.05, 3.63) is 29.6 Å². The molecule has 4 nitrogen and oxygen atoms in total. The monoisotopic (exact) mass is 402 g/mol. The van der Waals surface area contributed by atoms with Crippen molar-refractivity contribution < 1.29 is 27.1 Å². The van der Waals surface area contributed by atoms with E-state index >= 15 is 0 Å². The molecule has 2 aliphatic rings. The van der Waals surface area contributed by atoms with E-state index in [4.69, 9.17) is 4.74 Å². The number of carbonyl (C=O) groups excluding carboxylic acids is 1. The zero-order valence-corrected chi connectivity index (χ0v) is 16.0. The molecular formula is C20H26F4N2O2. The molecule has 1 aromatic carbocycles. The first kappa shape index (κ1) is 20.9. The van der Waals surface area contributed by atoms with Crippen molar-refractivity contribution in [2.24, 2.45) is 5.41 Å². The third-order valence-corrected chi connectivity index (χ3v) is 5.80. The number of ether oxygens (including phenoxy) is 1. The summed E-state index contributed by atoms with van der Waals surface area (Å²) in [7, 11) is 1.54. The number of rotatable bonds is 5. The van der Waals surface area contributed by atoms with Gasteiger partial charge in [-0.05, 0) is 44.0 Å². The smallest absolute Gasteiger partial charge is 0.389 e. The predicted octanol–water partition coefficient (Wildman–Crippen LogP) is 3.99. The Hall–Kier alpha value is -1.83. The second kappa shape index (κ2) is 8.27. The normalized spacial score (nSPS) is 23.4. The molecule has 8 heteroatoms.